The molecule has 17 heavy (non-hydrogen) atoms. The molecule has 0 unspecified atom stereocenters. The van der Waals surface area contributed by atoms with E-state index in [9.17, 15) is 4.39 Å². The fourth-order valence-electron chi connectivity index (χ4n) is 1.66. The Morgan fingerprint density at radius 3 is 2.76 bits per heavy atom. The van der Waals surface area contributed by atoms with E-state index in [1.807, 2.05) is 0 Å². The van der Waals surface area contributed by atoms with Crippen LogP contribution in [-0.4, -0.2) is 22.0 Å². The fraction of sp³-hybridized carbons (Fsp3) is 0.250. The zero-order valence-electron chi connectivity index (χ0n) is 9.64. The van der Waals surface area contributed by atoms with Gasteiger partial charge in [0.25, 0.3) is 0 Å². The SMILES string of the molecule is COc1cc(F)ccc1-c1cc(CO)n(C)n1. The van der Waals surface area contributed by atoms with Gasteiger partial charge in [0.2, 0.25) is 0 Å². The highest BCUT2D eigenvalue weighted by Gasteiger charge is 2.12. The summed E-state index contributed by atoms with van der Waals surface area (Å²) in [5.74, 6) is 0.0662. The summed E-state index contributed by atoms with van der Waals surface area (Å²) >= 11 is 0. The van der Waals surface area contributed by atoms with Crippen molar-refractivity contribution in [3.63, 3.8) is 0 Å². The predicted molar refractivity (Wildman–Crippen MR) is 61.1 cm³/mol. The molecular formula is C12H13FN2O2. The van der Waals surface area contributed by atoms with Crippen LogP contribution < -0.4 is 4.74 Å². The molecule has 0 aliphatic carbocycles. The summed E-state index contributed by atoms with van der Waals surface area (Å²) in [7, 11) is 3.22. The number of rotatable bonds is 3. The standard InChI is InChI=1S/C12H13FN2O2/c1-15-9(7-16)6-11(14-15)10-4-3-8(13)5-12(10)17-2/h3-6,16H,7H2,1-2H3. The quantitative estimate of drug-likeness (QED) is 0.882. The molecule has 1 N–H and O–H groups in total. The minimum Gasteiger partial charge on any atom is -0.496 e. The van der Waals surface area contributed by atoms with Crippen molar-refractivity contribution in [2.75, 3.05) is 7.11 Å². The number of benzene rings is 1. The minimum atomic E-state index is -0.357. The molecule has 90 valence electrons. The minimum absolute atomic E-state index is 0.0903. The highest BCUT2D eigenvalue weighted by molar-refractivity contribution is 5.67. The van der Waals surface area contributed by atoms with Crippen LogP contribution in [0.5, 0.6) is 5.75 Å². The van der Waals surface area contributed by atoms with Gasteiger partial charge in [0.05, 0.1) is 25.1 Å². The third kappa shape index (κ3) is 2.14. The number of nitrogens with zero attached hydrogens (tertiary/aromatic N) is 2. The Morgan fingerprint density at radius 2 is 2.18 bits per heavy atom. The molecule has 0 spiro atoms. The van der Waals surface area contributed by atoms with Crippen molar-refractivity contribution >= 4 is 0 Å². The lowest BCUT2D eigenvalue weighted by Gasteiger charge is -2.05. The molecule has 0 fully saturated rings. The summed E-state index contributed by atoms with van der Waals surface area (Å²) in [5, 5.41) is 13.3. The number of hydrogen-bond acceptors (Lipinski definition) is 3. The smallest absolute Gasteiger partial charge is 0.131 e. The first-order valence-corrected chi connectivity index (χ1v) is 5.13. The highest BCUT2D eigenvalue weighted by atomic mass is 19.1. The number of aliphatic hydroxyl groups excluding tert-OH is 1. The molecule has 0 atom stereocenters. The highest BCUT2D eigenvalue weighted by Crippen LogP contribution is 2.29. The van der Waals surface area contributed by atoms with Crippen LogP contribution >= 0.6 is 0 Å². The van der Waals surface area contributed by atoms with Crippen molar-refractivity contribution in [1.82, 2.24) is 9.78 Å². The Hall–Kier alpha value is -1.88. The molecule has 0 radical (unpaired) electrons. The second-order valence-electron chi connectivity index (χ2n) is 3.65. The molecule has 0 amide bonds. The Balaban J connectivity index is 2.51. The lowest BCUT2D eigenvalue weighted by molar-refractivity contribution is 0.270. The van der Waals surface area contributed by atoms with Crippen molar-refractivity contribution in [2.45, 2.75) is 6.61 Å². The van der Waals surface area contributed by atoms with Gasteiger partial charge in [0.1, 0.15) is 11.6 Å². The van der Waals surface area contributed by atoms with E-state index in [0.29, 0.717) is 22.7 Å². The zero-order valence-corrected chi connectivity index (χ0v) is 9.64. The van der Waals surface area contributed by atoms with Crippen LogP contribution in [0.3, 0.4) is 0 Å². The zero-order chi connectivity index (χ0) is 12.4. The molecule has 0 aliphatic rings. The largest absolute Gasteiger partial charge is 0.496 e. The van der Waals surface area contributed by atoms with Gasteiger partial charge in [0, 0.05) is 18.7 Å². The molecular weight excluding hydrogens is 223 g/mol. The number of aliphatic hydroxyl groups is 1. The summed E-state index contributed by atoms with van der Waals surface area (Å²) in [6.45, 7) is -0.0903. The maximum absolute atomic E-state index is 13.1. The van der Waals surface area contributed by atoms with E-state index in [1.165, 1.54) is 19.2 Å². The Morgan fingerprint density at radius 1 is 1.41 bits per heavy atom. The van der Waals surface area contributed by atoms with Gasteiger partial charge < -0.3 is 9.84 Å². The van der Waals surface area contributed by atoms with Gasteiger partial charge in [-0.2, -0.15) is 5.10 Å². The summed E-state index contributed by atoms with van der Waals surface area (Å²) in [5.41, 5.74) is 2.03. The van der Waals surface area contributed by atoms with Crippen molar-refractivity contribution < 1.29 is 14.2 Å². The van der Waals surface area contributed by atoms with E-state index >= 15 is 0 Å². The molecule has 1 heterocycles. The molecule has 1 aromatic heterocycles. The fourth-order valence-corrected chi connectivity index (χ4v) is 1.66. The van der Waals surface area contributed by atoms with E-state index in [-0.39, 0.29) is 12.4 Å². The third-order valence-corrected chi connectivity index (χ3v) is 2.58. The van der Waals surface area contributed by atoms with E-state index in [4.69, 9.17) is 9.84 Å². The van der Waals surface area contributed by atoms with Gasteiger partial charge >= 0.3 is 0 Å². The number of ether oxygens (including phenoxy) is 1. The number of aryl methyl sites for hydroxylation is 1. The topological polar surface area (TPSA) is 47.3 Å². The van der Waals surface area contributed by atoms with Gasteiger partial charge in [-0.15, -0.1) is 0 Å². The maximum Gasteiger partial charge on any atom is 0.131 e. The van der Waals surface area contributed by atoms with Crippen molar-refractivity contribution in [3.05, 3.63) is 35.8 Å². The number of hydrogen-bond donors (Lipinski definition) is 1. The van der Waals surface area contributed by atoms with Gasteiger partial charge in [-0.3, -0.25) is 4.68 Å². The summed E-state index contributed by atoms with van der Waals surface area (Å²) in [6.07, 6.45) is 0. The molecule has 2 aromatic rings. The molecule has 0 saturated heterocycles. The Kier molecular flexibility index (Phi) is 3.10. The first-order chi connectivity index (χ1) is 8.15. The maximum atomic E-state index is 13.1. The third-order valence-electron chi connectivity index (χ3n) is 2.58. The first-order valence-electron chi connectivity index (χ1n) is 5.13. The summed E-state index contributed by atoms with van der Waals surface area (Å²) in [6, 6.07) is 6.02. The predicted octanol–water partition coefficient (Wildman–Crippen LogP) is 1.73. The van der Waals surface area contributed by atoms with Crippen LogP contribution in [0.25, 0.3) is 11.3 Å². The molecule has 0 bridgehead atoms. The van der Waals surface area contributed by atoms with E-state index in [1.54, 1.807) is 23.9 Å². The normalized spacial score (nSPS) is 10.6. The van der Waals surface area contributed by atoms with Gasteiger partial charge in [-0.1, -0.05) is 0 Å². The van der Waals surface area contributed by atoms with Crippen LogP contribution in [0.1, 0.15) is 5.69 Å². The monoisotopic (exact) mass is 236 g/mol. The van der Waals surface area contributed by atoms with E-state index < -0.39 is 0 Å². The van der Waals surface area contributed by atoms with Crippen molar-refractivity contribution in [3.8, 4) is 17.0 Å². The van der Waals surface area contributed by atoms with Crippen LogP contribution in [0.2, 0.25) is 0 Å². The lowest BCUT2D eigenvalue weighted by Crippen LogP contribution is -1.97. The van der Waals surface area contributed by atoms with Crippen LogP contribution in [0.15, 0.2) is 24.3 Å². The number of halogens is 1. The molecule has 0 saturated carbocycles. The van der Waals surface area contributed by atoms with E-state index in [0.717, 1.165) is 0 Å². The Labute approximate surface area is 98.3 Å². The second kappa shape index (κ2) is 4.55. The first kappa shape index (κ1) is 11.6. The molecule has 5 heteroatoms. The van der Waals surface area contributed by atoms with Crippen LogP contribution in [-0.2, 0) is 13.7 Å². The second-order valence-corrected chi connectivity index (χ2v) is 3.65. The summed E-state index contributed by atoms with van der Waals surface area (Å²) in [4.78, 5) is 0. The van der Waals surface area contributed by atoms with Gasteiger partial charge in [-0.05, 0) is 18.2 Å². The molecule has 4 nitrogen and oxygen atoms in total. The number of aromatic nitrogens is 2. The number of methoxy groups -OCH3 is 1. The van der Waals surface area contributed by atoms with Gasteiger partial charge in [-0.25, -0.2) is 4.39 Å². The van der Waals surface area contributed by atoms with Gasteiger partial charge in [0.15, 0.2) is 0 Å². The van der Waals surface area contributed by atoms with Crippen LogP contribution in [0.4, 0.5) is 4.39 Å². The van der Waals surface area contributed by atoms with Crippen molar-refractivity contribution in [2.24, 2.45) is 7.05 Å². The van der Waals surface area contributed by atoms with E-state index in [2.05, 4.69) is 5.10 Å². The van der Waals surface area contributed by atoms with Crippen molar-refractivity contribution in [1.29, 1.82) is 0 Å². The average Bonchev–Trinajstić information content (AvgIpc) is 2.70. The molecule has 2 rings (SSSR count). The summed E-state index contributed by atoms with van der Waals surface area (Å²) < 4.78 is 19.7. The Bertz CT molecular complexity index is 537. The molecule has 0 aliphatic heterocycles. The molecule has 1 aromatic carbocycles. The average molecular weight is 236 g/mol. The lowest BCUT2D eigenvalue weighted by atomic mass is 10.1. The van der Waals surface area contributed by atoms with Crippen LogP contribution in [0, 0.1) is 5.82 Å².